The van der Waals surface area contributed by atoms with E-state index in [1.54, 1.807) is 0 Å². The van der Waals surface area contributed by atoms with Crippen LogP contribution in [0.25, 0.3) is 0 Å². The molecule has 0 heterocycles. The van der Waals surface area contributed by atoms with Gasteiger partial charge in [0, 0.05) is 17.8 Å². The van der Waals surface area contributed by atoms with Crippen LogP contribution in [-0.4, -0.2) is 11.8 Å². The predicted octanol–water partition coefficient (Wildman–Crippen LogP) is 3.30. The lowest BCUT2D eigenvalue weighted by atomic mass is 9.55. The molecule has 0 N–H and O–H groups in total. The smallest absolute Gasteiger partial charge is 0.139 e. The summed E-state index contributed by atoms with van der Waals surface area (Å²) >= 11 is 0. The van der Waals surface area contributed by atoms with Gasteiger partial charge in [0.15, 0.2) is 0 Å². The van der Waals surface area contributed by atoms with E-state index < -0.39 is 0 Å². The molecule has 1 radical (unpaired) electrons. The Bertz CT molecular complexity index is 588. The monoisotopic (exact) mass is 281 g/mol. The summed E-state index contributed by atoms with van der Waals surface area (Å²) in [6.45, 7) is 2.19. The molecule has 21 heavy (non-hydrogen) atoms. The molecule has 4 aliphatic carbocycles. The van der Waals surface area contributed by atoms with Crippen LogP contribution in [0.4, 0.5) is 0 Å². The summed E-state index contributed by atoms with van der Waals surface area (Å²) < 4.78 is 0. The molecule has 0 aromatic carbocycles. The number of carbonyl (C=O) groups excluding carboxylic acids is 1. The summed E-state index contributed by atoms with van der Waals surface area (Å²) in [5, 5.41) is 3.37. The van der Waals surface area contributed by atoms with Crippen LogP contribution in [0.1, 0.15) is 32.6 Å². The first-order chi connectivity index (χ1) is 10.1. The molecule has 2 saturated carbocycles. The minimum absolute atomic E-state index is 0.0753. The first kappa shape index (κ1) is 13.2. The van der Waals surface area contributed by atoms with Gasteiger partial charge in [-0.15, -0.1) is 0 Å². The maximum absolute atomic E-state index is 12.3. The second-order valence-electron chi connectivity index (χ2n) is 7.31. The Labute approximate surface area is 125 Å². The molecule has 0 aromatic rings. The van der Waals surface area contributed by atoms with Crippen molar-refractivity contribution in [1.82, 2.24) is 5.53 Å². The maximum Gasteiger partial charge on any atom is 0.139 e. The fourth-order valence-electron chi connectivity index (χ4n) is 5.25. The van der Waals surface area contributed by atoms with Gasteiger partial charge in [-0.2, -0.15) is 5.11 Å². The minimum atomic E-state index is -0.195. The third kappa shape index (κ3) is 1.76. The van der Waals surface area contributed by atoms with Crippen molar-refractivity contribution in [3.05, 3.63) is 36.0 Å². The highest BCUT2D eigenvalue weighted by atomic mass is 16.1. The first-order valence-corrected chi connectivity index (χ1v) is 8.09. The fraction of sp³-hybridized carbons (Fsp3) is 0.611. The molecule has 0 aliphatic heterocycles. The number of fused-ring (bicyclic) bond motifs is 5. The number of allylic oxidation sites excluding steroid dienone is 4. The largest absolute Gasteiger partial charge is 0.299 e. The van der Waals surface area contributed by atoms with Gasteiger partial charge in [0.2, 0.25) is 0 Å². The van der Waals surface area contributed by atoms with Crippen LogP contribution in [0.5, 0.6) is 0 Å². The molecule has 2 fully saturated rings. The van der Waals surface area contributed by atoms with Crippen LogP contribution in [0, 0.1) is 29.1 Å². The molecule has 6 atom stereocenters. The second kappa shape index (κ2) is 4.49. The number of carbonyl (C=O) groups is 1. The summed E-state index contributed by atoms with van der Waals surface area (Å²) in [5.41, 5.74) is 10.2. The first-order valence-electron chi connectivity index (χ1n) is 8.09. The summed E-state index contributed by atoms with van der Waals surface area (Å²) in [7, 11) is 0. The molecule has 0 saturated heterocycles. The van der Waals surface area contributed by atoms with Crippen molar-refractivity contribution in [2.75, 3.05) is 0 Å². The maximum atomic E-state index is 12.3. The molecule has 4 rings (SSSR count). The number of hydrogen-bond acceptors (Lipinski definition) is 2. The lowest BCUT2D eigenvalue weighted by molar-refractivity contribution is -0.129. The number of hydrogen-bond donors (Lipinski definition) is 0. The zero-order valence-corrected chi connectivity index (χ0v) is 12.4. The van der Waals surface area contributed by atoms with E-state index in [-0.39, 0.29) is 11.5 Å². The molecule has 3 heteroatoms. The number of ketones is 1. The molecule has 5 unspecified atom stereocenters. The van der Waals surface area contributed by atoms with Crippen molar-refractivity contribution in [1.29, 1.82) is 0 Å². The highest BCUT2D eigenvalue weighted by Gasteiger charge is 2.54. The molecular formula is C18H21N2O. The van der Waals surface area contributed by atoms with Gasteiger partial charge in [-0.3, -0.25) is 4.79 Å². The minimum Gasteiger partial charge on any atom is -0.299 e. The van der Waals surface area contributed by atoms with E-state index in [9.17, 15) is 4.79 Å². The van der Waals surface area contributed by atoms with Crippen LogP contribution < -0.4 is 5.53 Å². The number of Topliss-reactive ketones (excluding diaryl/α,β-unsaturated/α-hetero) is 1. The van der Waals surface area contributed by atoms with Gasteiger partial charge in [-0.25, -0.2) is 0 Å². The zero-order valence-electron chi connectivity index (χ0n) is 12.4. The molecular weight excluding hydrogens is 260 g/mol. The third-order valence-corrected chi connectivity index (χ3v) is 6.46. The lowest BCUT2D eigenvalue weighted by Gasteiger charge is -2.49. The van der Waals surface area contributed by atoms with Gasteiger partial charge in [-0.1, -0.05) is 37.3 Å². The summed E-state index contributed by atoms with van der Waals surface area (Å²) in [6.07, 6.45) is 14.8. The lowest BCUT2D eigenvalue weighted by Crippen LogP contribution is -2.44. The molecule has 4 aliphatic rings. The van der Waals surface area contributed by atoms with Crippen molar-refractivity contribution < 1.29 is 4.79 Å². The molecule has 0 aromatic heterocycles. The average Bonchev–Trinajstić information content (AvgIpc) is 2.82. The van der Waals surface area contributed by atoms with E-state index >= 15 is 0 Å². The van der Waals surface area contributed by atoms with Crippen LogP contribution in [0.15, 0.2) is 41.1 Å². The Kier molecular flexibility index (Phi) is 2.82. The highest BCUT2D eigenvalue weighted by Crippen LogP contribution is 2.58. The van der Waals surface area contributed by atoms with Crippen LogP contribution in [-0.2, 0) is 4.79 Å². The van der Waals surface area contributed by atoms with Crippen LogP contribution in [0.2, 0.25) is 0 Å². The Hall–Kier alpha value is -1.51. The van der Waals surface area contributed by atoms with E-state index in [2.05, 4.69) is 36.3 Å². The SMILES string of the molecule is C[C@]12CCC3C4C=CC(N=[N])C=C4C=CC3C1CCC2=O. The molecule has 109 valence electrons. The standard InChI is InChI=1S/C18H21N2O/c1-18-9-8-14-13-5-3-12(20-19)10-11(13)2-4-15(14)16(18)6-7-17(18)21/h2-5,10,12-16H,6-9H2,1H3/t12?,13?,14?,15?,16?,18-/m0/s1. The van der Waals surface area contributed by atoms with Gasteiger partial charge in [0.1, 0.15) is 11.8 Å². The van der Waals surface area contributed by atoms with E-state index in [4.69, 9.17) is 5.53 Å². The predicted molar refractivity (Wildman–Crippen MR) is 80.3 cm³/mol. The Morgan fingerprint density at radius 1 is 1.29 bits per heavy atom. The van der Waals surface area contributed by atoms with E-state index in [0.29, 0.717) is 29.5 Å². The topological polar surface area (TPSA) is 51.7 Å². The van der Waals surface area contributed by atoms with Gasteiger partial charge in [-0.05, 0) is 48.1 Å². The van der Waals surface area contributed by atoms with Gasteiger partial charge in [0.05, 0.1) is 0 Å². The van der Waals surface area contributed by atoms with Crippen molar-refractivity contribution in [2.24, 2.45) is 34.2 Å². The number of rotatable bonds is 1. The van der Waals surface area contributed by atoms with Gasteiger partial charge < -0.3 is 0 Å². The van der Waals surface area contributed by atoms with Gasteiger partial charge in [0.25, 0.3) is 0 Å². The normalized spacial score (nSPS) is 47.4. The van der Waals surface area contributed by atoms with Gasteiger partial charge >= 0.3 is 0 Å². The van der Waals surface area contributed by atoms with E-state index in [0.717, 1.165) is 25.7 Å². The van der Waals surface area contributed by atoms with Crippen molar-refractivity contribution in [3.63, 3.8) is 0 Å². The van der Waals surface area contributed by atoms with Crippen molar-refractivity contribution in [3.8, 4) is 0 Å². The Morgan fingerprint density at radius 2 is 2.14 bits per heavy atom. The molecule has 0 amide bonds. The fourth-order valence-corrected chi connectivity index (χ4v) is 5.25. The number of nitrogens with zero attached hydrogens (tertiary/aromatic N) is 2. The van der Waals surface area contributed by atoms with Crippen molar-refractivity contribution in [2.45, 2.75) is 38.6 Å². The summed E-state index contributed by atoms with van der Waals surface area (Å²) in [6, 6.07) is -0.195. The molecule has 0 bridgehead atoms. The van der Waals surface area contributed by atoms with E-state index in [1.807, 2.05) is 6.08 Å². The molecule has 3 nitrogen and oxygen atoms in total. The quantitative estimate of drug-likeness (QED) is 0.537. The van der Waals surface area contributed by atoms with Crippen LogP contribution >= 0.6 is 0 Å². The molecule has 0 spiro atoms. The average molecular weight is 281 g/mol. The van der Waals surface area contributed by atoms with Crippen molar-refractivity contribution >= 4 is 5.78 Å². The highest BCUT2D eigenvalue weighted by molar-refractivity contribution is 5.87. The third-order valence-electron chi connectivity index (χ3n) is 6.46. The summed E-state index contributed by atoms with van der Waals surface area (Å²) in [4.78, 5) is 12.3. The Morgan fingerprint density at radius 3 is 2.95 bits per heavy atom. The zero-order chi connectivity index (χ0) is 14.6. The Balaban J connectivity index is 1.69. The summed E-state index contributed by atoms with van der Waals surface area (Å²) in [5.74, 6) is 2.60. The van der Waals surface area contributed by atoms with E-state index in [1.165, 1.54) is 5.57 Å². The second-order valence-corrected chi connectivity index (χ2v) is 7.31. The van der Waals surface area contributed by atoms with Crippen LogP contribution in [0.3, 0.4) is 0 Å².